The first-order valence-electron chi connectivity index (χ1n) is 5.14. The fraction of sp³-hybridized carbons (Fsp3) is 0.364. The minimum atomic E-state index is -0.389. The number of amides is 1. The molecule has 0 bridgehead atoms. The van der Waals surface area contributed by atoms with Crippen molar-refractivity contribution >= 4 is 29.0 Å². The first-order chi connectivity index (χ1) is 7.65. The van der Waals surface area contributed by atoms with E-state index in [2.05, 4.69) is 10.6 Å². The van der Waals surface area contributed by atoms with Crippen LogP contribution in [0.1, 0.15) is 6.92 Å². The van der Waals surface area contributed by atoms with Crippen LogP contribution in [0.25, 0.3) is 0 Å². The highest BCUT2D eigenvalue weighted by atomic mass is 32.2. The third-order valence-electron chi connectivity index (χ3n) is 2.21. The molecule has 86 valence electrons. The summed E-state index contributed by atoms with van der Waals surface area (Å²) >= 11 is 1.54. The van der Waals surface area contributed by atoms with Gasteiger partial charge >= 0.3 is 0 Å². The molecule has 0 aromatic heterocycles. The Bertz CT molecular complexity index is 407. The van der Waals surface area contributed by atoms with E-state index in [9.17, 15) is 4.79 Å². The highest BCUT2D eigenvalue weighted by Crippen LogP contribution is 2.33. The van der Waals surface area contributed by atoms with Gasteiger partial charge in [-0.1, -0.05) is 0 Å². The predicted molar refractivity (Wildman–Crippen MR) is 66.0 cm³/mol. The molecule has 3 N–H and O–H groups in total. The number of nitrogens with one attached hydrogen (secondary N) is 2. The van der Waals surface area contributed by atoms with Crippen molar-refractivity contribution in [2.75, 3.05) is 22.9 Å². The molecule has 0 saturated heterocycles. The second-order valence-corrected chi connectivity index (χ2v) is 4.79. The fourth-order valence-corrected chi connectivity index (χ4v) is 2.25. The van der Waals surface area contributed by atoms with Crippen LogP contribution in [0.15, 0.2) is 23.1 Å². The molecule has 0 saturated carbocycles. The Kier molecular flexibility index (Phi) is 3.36. The largest absolute Gasteiger partial charge is 0.392 e. The molecule has 1 amide bonds. The second-order valence-electron chi connectivity index (χ2n) is 3.78. The lowest BCUT2D eigenvalue weighted by Crippen LogP contribution is -2.19. The minimum Gasteiger partial charge on any atom is -0.392 e. The molecule has 1 aromatic carbocycles. The average molecular weight is 238 g/mol. The average Bonchev–Trinajstić information content (AvgIpc) is 2.25. The van der Waals surface area contributed by atoms with E-state index in [4.69, 9.17) is 5.11 Å². The highest BCUT2D eigenvalue weighted by Gasteiger charge is 2.15. The number of thioether (sulfide) groups is 1. The number of carbonyl (C=O) groups excluding carboxylic acids is 1. The van der Waals surface area contributed by atoms with Crippen molar-refractivity contribution in [2.45, 2.75) is 17.9 Å². The third kappa shape index (κ3) is 2.68. The number of carbonyl (C=O) groups is 1. The molecular formula is C11H14N2O2S. The zero-order valence-electron chi connectivity index (χ0n) is 8.99. The van der Waals surface area contributed by atoms with E-state index < -0.39 is 0 Å². The van der Waals surface area contributed by atoms with E-state index in [0.29, 0.717) is 12.3 Å². The number of fused-ring (bicyclic) bond motifs is 1. The van der Waals surface area contributed by atoms with Crippen LogP contribution in [-0.4, -0.2) is 29.4 Å². The maximum atomic E-state index is 11.2. The van der Waals surface area contributed by atoms with Gasteiger partial charge in [-0.3, -0.25) is 4.79 Å². The van der Waals surface area contributed by atoms with Gasteiger partial charge in [0.1, 0.15) is 0 Å². The SMILES string of the molecule is C[C@H](O)CNc1ccc2c(c1)NC(=O)CS2. The maximum Gasteiger partial charge on any atom is 0.234 e. The molecule has 1 atom stereocenters. The smallest absolute Gasteiger partial charge is 0.234 e. The lowest BCUT2D eigenvalue weighted by molar-refractivity contribution is -0.113. The predicted octanol–water partition coefficient (Wildman–Crippen LogP) is 1.52. The number of hydrogen-bond acceptors (Lipinski definition) is 4. The molecule has 2 rings (SSSR count). The molecule has 0 unspecified atom stereocenters. The molecule has 0 aliphatic carbocycles. The van der Waals surface area contributed by atoms with Gasteiger partial charge in [-0.2, -0.15) is 0 Å². The van der Waals surface area contributed by atoms with Crippen LogP contribution in [0, 0.1) is 0 Å². The minimum absolute atomic E-state index is 0.0326. The maximum absolute atomic E-state index is 11.2. The van der Waals surface area contributed by atoms with Crippen molar-refractivity contribution < 1.29 is 9.90 Å². The van der Waals surface area contributed by atoms with Gasteiger partial charge < -0.3 is 15.7 Å². The number of anilines is 2. The molecule has 0 radical (unpaired) electrons. The van der Waals surface area contributed by atoms with Crippen LogP contribution in [0.3, 0.4) is 0 Å². The number of hydrogen-bond donors (Lipinski definition) is 3. The standard InChI is InChI=1S/C11H14N2O2S/c1-7(14)5-12-8-2-3-10-9(4-8)13-11(15)6-16-10/h2-4,7,12,14H,5-6H2,1H3,(H,13,15)/t7-/m0/s1. The monoisotopic (exact) mass is 238 g/mol. The van der Waals surface area contributed by atoms with Crippen molar-refractivity contribution in [3.8, 4) is 0 Å². The van der Waals surface area contributed by atoms with E-state index in [1.807, 2.05) is 18.2 Å². The Balaban J connectivity index is 2.12. The quantitative estimate of drug-likeness (QED) is 0.747. The van der Waals surface area contributed by atoms with Crippen molar-refractivity contribution in [3.05, 3.63) is 18.2 Å². The molecule has 0 fully saturated rings. The zero-order chi connectivity index (χ0) is 11.5. The normalized spacial score (nSPS) is 16.2. The van der Waals surface area contributed by atoms with Crippen LogP contribution >= 0.6 is 11.8 Å². The van der Waals surface area contributed by atoms with Crippen LogP contribution in [0.5, 0.6) is 0 Å². The molecule has 1 aliphatic heterocycles. The van der Waals surface area contributed by atoms with Crippen LogP contribution in [0.4, 0.5) is 11.4 Å². The number of rotatable bonds is 3. The van der Waals surface area contributed by atoms with Gasteiger partial charge in [-0.05, 0) is 25.1 Å². The highest BCUT2D eigenvalue weighted by molar-refractivity contribution is 8.00. The first kappa shape index (κ1) is 11.3. The molecule has 1 heterocycles. The van der Waals surface area contributed by atoms with Crippen LogP contribution in [-0.2, 0) is 4.79 Å². The van der Waals surface area contributed by atoms with E-state index in [1.165, 1.54) is 0 Å². The van der Waals surface area contributed by atoms with E-state index in [0.717, 1.165) is 16.3 Å². The summed E-state index contributed by atoms with van der Waals surface area (Å²) in [7, 11) is 0. The summed E-state index contributed by atoms with van der Waals surface area (Å²) in [6.45, 7) is 2.23. The summed E-state index contributed by atoms with van der Waals surface area (Å²) in [6, 6.07) is 5.82. The molecular weight excluding hydrogens is 224 g/mol. The van der Waals surface area contributed by atoms with Gasteiger partial charge in [0, 0.05) is 17.1 Å². The summed E-state index contributed by atoms with van der Waals surface area (Å²) in [5.41, 5.74) is 1.75. The van der Waals surface area contributed by atoms with Gasteiger partial charge in [0.15, 0.2) is 0 Å². The molecule has 1 aliphatic rings. The fourth-order valence-electron chi connectivity index (χ4n) is 1.46. The van der Waals surface area contributed by atoms with Crippen LogP contribution in [0.2, 0.25) is 0 Å². The van der Waals surface area contributed by atoms with Gasteiger partial charge in [-0.15, -0.1) is 11.8 Å². The lowest BCUT2D eigenvalue weighted by atomic mass is 10.2. The second kappa shape index (κ2) is 4.76. The third-order valence-corrected chi connectivity index (χ3v) is 3.29. The van der Waals surface area contributed by atoms with Gasteiger partial charge in [0.2, 0.25) is 5.91 Å². The van der Waals surface area contributed by atoms with Crippen molar-refractivity contribution in [2.24, 2.45) is 0 Å². The number of benzene rings is 1. The van der Waals surface area contributed by atoms with Gasteiger partial charge in [0.05, 0.1) is 17.5 Å². The van der Waals surface area contributed by atoms with Crippen molar-refractivity contribution in [3.63, 3.8) is 0 Å². The van der Waals surface area contributed by atoms with Gasteiger partial charge in [0.25, 0.3) is 0 Å². The molecule has 16 heavy (non-hydrogen) atoms. The molecule has 0 spiro atoms. The topological polar surface area (TPSA) is 61.4 Å². The van der Waals surface area contributed by atoms with E-state index in [1.54, 1.807) is 18.7 Å². The van der Waals surface area contributed by atoms with Gasteiger partial charge in [-0.25, -0.2) is 0 Å². The summed E-state index contributed by atoms with van der Waals surface area (Å²) in [6.07, 6.45) is -0.389. The summed E-state index contributed by atoms with van der Waals surface area (Å²) in [5.74, 6) is 0.512. The van der Waals surface area contributed by atoms with Crippen LogP contribution < -0.4 is 10.6 Å². The van der Waals surface area contributed by atoms with E-state index >= 15 is 0 Å². The Morgan fingerprint density at radius 2 is 2.44 bits per heavy atom. The van der Waals surface area contributed by atoms with Crippen molar-refractivity contribution in [1.29, 1.82) is 0 Å². The van der Waals surface area contributed by atoms with Crippen molar-refractivity contribution in [1.82, 2.24) is 0 Å². The lowest BCUT2D eigenvalue weighted by Gasteiger charge is -2.17. The Labute approximate surface area is 98.4 Å². The first-order valence-corrected chi connectivity index (χ1v) is 6.12. The number of aliphatic hydroxyl groups is 1. The van der Waals surface area contributed by atoms with E-state index in [-0.39, 0.29) is 12.0 Å². The Morgan fingerprint density at radius 3 is 3.19 bits per heavy atom. The summed E-state index contributed by atoms with van der Waals surface area (Å²) < 4.78 is 0. The molecule has 4 nitrogen and oxygen atoms in total. The Morgan fingerprint density at radius 1 is 1.62 bits per heavy atom. The summed E-state index contributed by atoms with van der Waals surface area (Å²) in [5, 5.41) is 15.1. The number of aliphatic hydroxyl groups excluding tert-OH is 1. The summed E-state index contributed by atoms with van der Waals surface area (Å²) in [4.78, 5) is 12.3. The molecule has 1 aromatic rings. The zero-order valence-corrected chi connectivity index (χ0v) is 9.80. The molecule has 5 heteroatoms. The Hall–Kier alpha value is -1.20.